The summed E-state index contributed by atoms with van der Waals surface area (Å²) in [6, 6.07) is 0.693. The number of piperidine rings is 1. The topological polar surface area (TPSA) is 62.3 Å². The van der Waals surface area contributed by atoms with Gasteiger partial charge in [-0.3, -0.25) is 5.41 Å². The van der Waals surface area contributed by atoms with Crippen LogP contribution in [-0.4, -0.2) is 42.1 Å². The molecule has 0 radical (unpaired) electrons. The summed E-state index contributed by atoms with van der Waals surface area (Å²) < 4.78 is 6.15. The molecule has 2 heterocycles. The van der Waals surface area contributed by atoms with Crippen LogP contribution in [-0.2, 0) is 4.74 Å². The molecule has 1 atom stereocenters. The molecule has 0 aromatic heterocycles. The molecule has 3 aliphatic rings. The zero-order chi connectivity index (χ0) is 14.2. The molecule has 0 aromatic carbocycles. The Morgan fingerprint density at radius 2 is 1.85 bits per heavy atom. The molecule has 114 valence electrons. The van der Waals surface area contributed by atoms with E-state index >= 15 is 0 Å². The quantitative estimate of drug-likeness (QED) is 0.603. The average Bonchev–Trinajstić information content (AvgIpc) is 2.87. The molecule has 1 saturated carbocycles. The number of hydrogen-bond donors (Lipinski definition) is 2. The van der Waals surface area contributed by atoms with Crippen molar-refractivity contribution in [3.8, 4) is 0 Å². The van der Waals surface area contributed by atoms with Gasteiger partial charge in [0.05, 0.1) is 11.4 Å². The van der Waals surface area contributed by atoms with Crippen molar-refractivity contribution in [3.05, 3.63) is 0 Å². The molecule has 2 saturated heterocycles. The number of hydrogen-bond acceptors (Lipinski definition) is 3. The number of ether oxygens (including phenoxy) is 1. The standard InChI is InChI=1S/C16H29N3O/c1-15(14(17)18)7-9-19(10-8-15)13-4-11-20-16(12-13)5-2-3-6-16/h13H,2-12H2,1H3,(H3,17,18). The summed E-state index contributed by atoms with van der Waals surface area (Å²) in [6.07, 6.45) is 9.69. The largest absolute Gasteiger partial charge is 0.387 e. The fraction of sp³-hybridized carbons (Fsp3) is 0.938. The molecule has 4 heteroatoms. The van der Waals surface area contributed by atoms with E-state index in [0.29, 0.717) is 11.9 Å². The van der Waals surface area contributed by atoms with Crippen molar-refractivity contribution in [1.82, 2.24) is 4.90 Å². The minimum absolute atomic E-state index is 0.0628. The first-order valence-electron chi connectivity index (χ1n) is 8.26. The van der Waals surface area contributed by atoms with E-state index in [-0.39, 0.29) is 11.0 Å². The minimum atomic E-state index is -0.0628. The van der Waals surface area contributed by atoms with E-state index in [4.69, 9.17) is 15.9 Å². The minimum Gasteiger partial charge on any atom is -0.387 e. The Bertz CT molecular complexity index is 368. The zero-order valence-electron chi connectivity index (χ0n) is 12.8. The lowest BCUT2D eigenvalue weighted by atomic mass is 9.78. The molecule has 1 unspecified atom stereocenters. The number of nitrogens with two attached hydrogens (primary N) is 1. The van der Waals surface area contributed by atoms with Crippen molar-refractivity contribution in [1.29, 1.82) is 5.41 Å². The molecule has 0 bridgehead atoms. The van der Waals surface area contributed by atoms with E-state index in [2.05, 4.69) is 11.8 Å². The van der Waals surface area contributed by atoms with Gasteiger partial charge < -0.3 is 15.4 Å². The highest BCUT2D eigenvalue weighted by Crippen LogP contribution is 2.42. The van der Waals surface area contributed by atoms with Crippen LogP contribution in [0.15, 0.2) is 0 Å². The third kappa shape index (κ3) is 2.60. The SMILES string of the molecule is CC1(C(=N)N)CCN(C2CCOC3(CCCC3)C2)CC1. The molecule has 0 aromatic rings. The average molecular weight is 279 g/mol. The van der Waals surface area contributed by atoms with Crippen molar-refractivity contribution < 1.29 is 4.74 Å². The second-order valence-corrected chi connectivity index (χ2v) is 7.40. The van der Waals surface area contributed by atoms with Crippen LogP contribution in [0.5, 0.6) is 0 Å². The highest BCUT2D eigenvalue weighted by Gasteiger charge is 2.43. The van der Waals surface area contributed by atoms with Gasteiger partial charge >= 0.3 is 0 Å². The Labute approximate surface area is 122 Å². The van der Waals surface area contributed by atoms with E-state index in [1.54, 1.807) is 0 Å². The van der Waals surface area contributed by atoms with Crippen LogP contribution in [0.4, 0.5) is 0 Å². The lowest BCUT2D eigenvalue weighted by Gasteiger charge is -2.47. The third-order valence-corrected chi connectivity index (χ3v) is 6.05. The molecule has 3 rings (SSSR count). The number of nitrogens with one attached hydrogen (secondary N) is 1. The zero-order valence-corrected chi connectivity index (χ0v) is 12.8. The Balaban J connectivity index is 1.59. The normalized spacial score (nSPS) is 33.4. The predicted octanol–water partition coefficient (Wildman–Crippen LogP) is 2.52. The second kappa shape index (κ2) is 5.30. The van der Waals surface area contributed by atoms with Crippen LogP contribution in [0.3, 0.4) is 0 Å². The smallest absolute Gasteiger partial charge is 0.0966 e. The first kappa shape index (κ1) is 14.3. The highest BCUT2D eigenvalue weighted by atomic mass is 16.5. The highest BCUT2D eigenvalue weighted by molar-refractivity contribution is 5.83. The van der Waals surface area contributed by atoms with Crippen molar-refractivity contribution in [2.75, 3.05) is 19.7 Å². The number of nitrogens with zero attached hydrogens (tertiary/aromatic N) is 1. The Hall–Kier alpha value is -0.610. The molecule has 4 nitrogen and oxygen atoms in total. The summed E-state index contributed by atoms with van der Waals surface area (Å²) >= 11 is 0. The molecule has 2 aliphatic heterocycles. The Morgan fingerprint density at radius 1 is 1.20 bits per heavy atom. The number of amidine groups is 1. The molecular formula is C16H29N3O. The van der Waals surface area contributed by atoms with E-state index in [1.165, 1.54) is 38.5 Å². The first-order valence-corrected chi connectivity index (χ1v) is 8.26. The van der Waals surface area contributed by atoms with Crippen LogP contribution in [0.1, 0.15) is 58.3 Å². The fourth-order valence-corrected chi connectivity index (χ4v) is 4.33. The molecule has 3 fully saturated rings. The van der Waals surface area contributed by atoms with Gasteiger partial charge in [0.15, 0.2) is 0 Å². The van der Waals surface area contributed by atoms with Gasteiger partial charge in [0, 0.05) is 18.1 Å². The van der Waals surface area contributed by atoms with Crippen LogP contribution in [0.25, 0.3) is 0 Å². The Morgan fingerprint density at radius 3 is 2.45 bits per heavy atom. The van der Waals surface area contributed by atoms with Crippen LogP contribution < -0.4 is 5.73 Å². The van der Waals surface area contributed by atoms with Crippen molar-refractivity contribution in [2.45, 2.75) is 69.9 Å². The lowest BCUT2D eigenvalue weighted by Crippen LogP contribution is -2.52. The molecular weight excluding hydrogens is 250 g/mol. The van der Waals surface area contributed by atoms with Gasteiger partial charge in [0.2, 0.25) is 0 Å². The monoisotopic (exact) mass is 279 g/mol. The second-order valence-electron chi connectivity index (χ2n) is 7.40. The van der Waals surface area contributed by atoms with E-state index in [0.717, 1.165) is 32.5 Å². The van der Waals surface area contributed by atoms with Crippen LogP contribution >= 0.6 is 0 Å². The lowest BCUT2D eigenvalue weighted by molar-refractivity contribution is -0.105. The molecule has 3 N–H and O–H groups in total. The van der Waals surface area contributed by atoms with Gasteiger partial charge in [-0.1, -0.05) is 19.8 Å². The molecule has 20 heavy (non-hydrogen) atoms. The van der Waals surface area contributed by atoms with Gasteiger partial charge in [0.25, 0.3) is 0 Å². The third-order valence-electron chi connectivity index (χ3n) is 6.05. The molecule has 1 spiro atoms. The van der Waals surface area contributed by atoms with Crippen molar-refractivity contribution >= 4 is 5.84 Å². The summed E-state index contributed by atoms with van der Waals surface area (Å²) in [5, 5.41) is 7.77. The van der Waals surface area contributed by atoms with E-state index in [9.17, 15) is 0 Å². The van der Waals surface area contributed by atoms with Crippen molar-refractivity contribution in [2.24, 2.45) is 11.1 Å². The number of rotatable bonds is 2. The van der Waals surface area contributed by atoms with Gasteiger partial charge in [-0.2, -0.15) is 0 Å². The van der Waals surface area contributed by atoms with Crippen LogP contribution in [0.2, 0.25) is 0 Å². The van der Waals surface area contributed by atoms with E-state index in [1.807, 2.05) is 0 Å². The maximum atomic E-state index is 7.77. The van der Waals surface area contributed by atoms with Crippen molar-refractivity contribution in [3.63, 3.8) is 0 Å². The summed E-state index contributed by atoms with van der Waals surface area (Å²) in [4.78, 5) is 2.65. The maximum absolute atomic E-state index is 7.77. The van der Waals surface area contributed by atoms with Crippen LogP contribution in [0, 0.1) is 10.8 Å². The van der Waals surface area contributed by atoms with E-state index < -0.39 is 0 Å². The van der Waals surface area contributed by atoms with Gasteiger partial charge in [-0.15, -0.1) is 0 Å². The van der Waals surface area contributed by atoms with Gasteiger partial charge in [-0.25, -0.2) is 0 Å². The number of likely N-dealkylation sites (tertiary alicyclic amines) is 1. The Kier molecular flexibility index (Phi) is 3.80. The summed E-state index contributed by atoms with van der Waals surface area (Å²) in [7, 11) is 0. The summed E-state index contributed by atoms with van der Waals surface area (Å²) in [5.74, 6) is 0.372. The predicted molar refractivity (Wildman–Crippen MR) is 81.0 cm³/mol. The fourth-order valence-electron chi connectivity index (χ4n) is 4.33. The maximum Gasteiger partial charge on any atom is 0.0966 e. The first-order chi connectivity index (χ1) is 9.53. The summed E-state index contributed by atoms with van der Waals surface area (Å²) in [5.41, 5.74) is 5.91. The van der Waals surface area contributed by atoms with Gasteiger partial charge in [-0.05, 0) is 51.6 Å². The molecule has 1 aliphatic carbocycles. The van der Waals surface area contributed by atoms with Gasteiger partial charge in [0.1, 0.15) is 0 Å². The molecule has 0 amide bonds. The summed E-state index contributed by atoms with van der Waals surface area (Å²) in [6.45, 7) is 5.27.